The quantitative estimate of drug-likeness (QED) is 0.546. The van der Waals surface area contributed by atoms with Gasteiger partial charge in [-0.05, 0) is 68.6 Å². The van der Waals surface area contributed by atoms with Crippen LogP contribution in [0.25, 0.3) is 0 Å². The minimum absolute atomic E-state index is 0.0414. The van der Waals surface area contributed by atoms with Gasteiger partial charge in [-0.3, -0.25) is 14.4 Å². The molecule has 0 saturated heterocycles. The van der Waals surface area contributed by atoms with Gasteiger partial charge in [0.2, 0.25) is 0 Å². The zero-order valence-electron chi connectivity index (χ0n) is 17.2. The van der Waals surface area contributed by atoms with Gasteiger partial charge in [-0.25, -0.2) is 0 Å². The van der Waals surface area contributed by atoms with E-state index < -0.39 is 5.41 Å². The summed E-state index contributed by atoms with van der Waals surface area (Å²) in [5.74, 6) is 0.825. The van der Waals surface area contributed by atoms with Crippen LogP contribution < -0.4 is 0 Å². The number of rotatable bonds is 3. The maximum absolute atomic E-state index is 12.5. The molecule has 0 radical (unpaired) electrons. The fourth-order valence-corrected chi connectivity index (χ4v) is 7.96. The first-order valence-corrected chi connectivity index (χ1v) is 10.9. The van der Waals surface area contributed by atoms with Crippen LogP contribution in [0.15, 0.2) is 0 Å². The molecule has 0 aromatic rings. The number of ketones is 2. The van der Waals surface area contributed by atoms with E-state index in [1.54, 1.807) is 6.92 Å². The van der Waals surface area contributed by atoms with Crippen molar-refractivity contribution in [2.75, 3.05) is 0 Å². The maximum atomic E-state index is 12.5. The standard InChI is InChI=1S/C23H32O5/c1-13(25)18-6-7-19-17-5-4-15-10-16(27)8-9-22(15,3)21(17)20(28-14(2)26)11-23(18,19)12-24/h12,15,17-21H,4-11H2,1-3H3/t15-,17-,18+,19-,20-,21+,22-,23-/m0/s1. The summed E-state index contributed by atoms with van der Waals surface area (Å²) in [5, 5.41) is 0. The van der Waals surface area contributed by atoms with Crippen LogP contribution in [-0.4, -0.2) is 29.9 Å². The molecule has 28 heavy (non-hydrogen) atoms. The van der Waals surface area contributed by atoms with Crippen LogP contribution in [0.1, 0.15) is 72.1 Å². The average molecular weight is 389 g/mol. The first-order valence-electron chi connectivity index (χ1n) is 10.9. The normalized spacial score (nSPS) is 47.5. The highest BCUT2D eigenvalue weighted by molar-refractivity contribution is 5.84. The Kier molecular flexibility index (Phi) is 4.79. The van der Waals surface area contributed by atoms with Crippen molar-refractivity contribution in [3.05, 3.63) is 0 Å². The summed E-state index contributed by atoms with van der Waals surface area (Å²) in [7, 11) is 0. The Morgan fingerprint density at radius 2 is 1.89 bits per heavy atom. The van der Waals surface area contributed by atoms with E-state index in [1.807, 2.05) is 0 Å². The highest BCUT2D eigenvalue weighted by Gasteiger charge is 2.66. The van der Waals surface area contributed by atoms with Gasteiger partial charge < -0.3 is 9.53 Å². The molecule has 0 aromatic heterocycles. The van der Waals surface area contributed by atoms with Crippen LogP contribution in [0.5, 0.6) is 0 Å². The Morgan fingerprint density at radius 3 is 2.54 bits per heavy atom. The third-order valence-electron chi connectivity index (χ3n) is 9.03. The number of aldehydes is 1. The van der Waals surface area contributed by atoms with Crippen molar-refractivity contribution < 1.29 is 23.9 Å². The van der Waals surface area contributed by atoms with E-state index in [0.717, 1.165) is 38.4 Å². The molecular formula is C23H32O5. The van der Waals surface area contributed by atoms with Crippen molar-refractivity contribution in [1.82, 2.24) is 0 Å². The molecule has 4 rings (SSSR count). The monoisotopic (exact) mass is 388 g/mol. The van der Waals surface area contributed by atoms with Gasteiger partial charge in [0.05, 0.1) is 0 Å². The Bertz CT molecular complexity index is 714. The molecule has 5 heteroatoms. The van der Waals surface area contributed by atoms with Gasteiger partial charge in [0.1, 0.15) is 24.0 Å². The summed E-state index contributed by atoms with van der Waals surface area (Å²) in [6.45, 7) is 5.30. The first kappa shape index (κ1) is 19.8. The Labute approximate surface area is 167 Å². The minimum atomic E-state index is -0.694. The van der Waals surface area contributed by atoms with Gasteiger partial charge in [0.15, 0.2) is 0 Å². The number of Topliss-reactive ketones (excluding diaryl/α,β-unsaturated/α-hetero) is 2. The second kappa shape index (κ2) is 6.77. The second-order valence-electron chi connectivity index (χ2n) is 10.1. The summed E-state index contributed by atoms with van der Waals surface area (Å²) in [5.41, 5.74) is -0.735. The van der Waals surface area contributed by atoms with Crippen LogP contribution in [0.2, 0.25) is 0 Å². The molecule has 4 saturated carbocycles. The number of hydrogen-bond acceptors (Lipinski definition) is 5. The summed E-state index contributed by atoms with van der Waals surface area (Å²) >= 11 is 0. The highest BCUT2D eigenvalue weighted by Crippen LogP contribution is 2.67. The molecule has 154 valence electrons. The van der Waals surface area contributed by atoms with Crippen molar-refractivity contribution >= 4 is 23.8 Å². The molecule has 0 bridgehead atoms. The molecule has 8 atom stereocenters. The number of ether oxygens (including phenoxy) is 1. The number of esters is 1. The molecule has 5 nitrogen and oxygen atoms in total. The second-order valence-corrected chi connectivity index (χ2v) is 10.1. The van der Waals surface area contributed by atoms with E-state index in [2.05, 4.69) is 6.92 Å². The predicted molar refractivity (Wildman–Crippen MR) is 102 cm³/mol. The van der Waals surface area contributed by atoms with Crippen LogP contribution in [0, 0.1) is 40.4 Å². The highest BCUT2D eigenvalue weighted by atomic mass is 16.5. The molecule has 4 aliphatic rings. The van der Waals surface area contributed by atoms with Crippen molar-refractivity contribution in [1.29, 1.82) is 0 Å². The van der Waals surface area contributed by atoms with Gasteiger partial charge in [0, 0.05) is 37.0 Å². The molecule has 0 N–H and O–H groups in total. The van der Waals surface area contributed by atoms with Gasteiger partial charge in [-0.1, -0.05) is 6.92 Å². The molecule has 0 unspecified atom stereocenters. The fraction of sp³-hybridized carbons (Fsp3) is 0.826. The predicted octanol–water partition coefficient (Wildman–Crippen LogP) is 3.52. The summed E-state index contributed by atoms with van der Waals surface area (Å²) < 4.78 is 5.87. The number of carbonyl (C=O) groups excluding carboxylic acids is 4. The summed E-state index contributed by atoms with van der Waals surface area (Å²) in [4.78, 5) is 48.9. The lowest BCUT2D eigenvalue weighted by Crippen LogP contribution is -2.61. The zero-order chi connectivity index (χ0) is 20.3. The SMILES string of the molecule is CC(=O)O[C@H]1C[C@]2(C=O)[C@@H](C(C)=O)CC[C@H]2[C@@H]2CC[C@H]3CC(=O)CC[C@]3(C)[C@H]21. The van der Waals surface area contributed by atoms with Gasteiger partial charge in [-0.15, -0.1) is 0 Å². The molecular weight excluding hydrogens is 356 g/mol. The lowest BCUT2D eigenvalue weighted by molar-refractivity contribution is -0.194. The minimum Gasteiger partial charge on any atom is -0.462 e. The van der Waals surface area contributed by atoms with Crippen molar-refractivity contribution in [3.63, 3.8) is 0 Å². The topological polar surface area (TPSA) is 77.5 Å². The van der Waals surface area contributed by atoms with E-state index in [1.165, 1.54) is 6.92 Å². The van der Waals surface area contributed by atoms with E-state index >= 15 is 0 Å². The Hall–Kier alpha value is -1.52. The molecule has 0 amide bonds. The van der Waals surface area contributed by atoms with Crippen molar-refractivity contribution in [2.24, 2.45) is 40.4 Å². The molecule has 0 aliphatic heterocycles. The number of fused-ring (bicyclic) bond motifs is 5. The van der Waals surface area contributed by atoms with Crippen LogP contribution >= 0.6 is 0 Å². The largest absolute Gasteiger partial charge is 0.462 e. The van der Waals surface area contributed by atoms with Crippen LogP contribution in [0.3, 0.4) is 0 Å². The molecule has 4 fully saturated rings. The molecule has 4 aliphatic carbocycles. The number of carbonyl (C=O) groups is 4. The van der Waals surface area contributed by atoms with Crippen LogP contribution in [0.4, 0.5) is 0 Å². The first-order chi connectivity index (χ1) is 13.2. The van der Waals surface area contributed by atoms with Gasteiger partial charge in [-0.2, -0.15) is 0 Å². The van der Waals surface area contributed by atoms with Gasteiger partial charge >= 0.3 is 5.97 Å². The lowest BCUT2D eigenvalue weighted by atomic mass is 9.43. The lowest BCUT2D eigenvalue weighted by Gasteiger charge is -2.61. The van der Waals surface area contributed by atoms with E-state index in [4.69, 9.17) is 4.74 Å². The Balaban J connectivity index is 1.77. The van der Waals surface area contributed by atoms with E-state index in [9.17, 15) is 19.2 Å². The van der Waals surface area contributed by atoms with E-state index in [0.29, 0.717) is 31.0 Å². The zero-order valence-corrected chi connectivity index (χ0v) is 17.2. The van der Waals surface area contributed by atoms with Crippen LogP contribution in [-0.2, 0) is 23.9 Å². The third-order valence-corrected chi connectivity index (χ3v) is 9.03. The summed E-state index contributed by atoms with van der Waals surface area (Å²) in [6, 6.07) is 0. The summed E-state index contributed by atoms with van der Waals surface area (Å²) in [6.07, 6.45) is 6.83. The smallest absolute Gasteiger partial charge is 0.302 e. The van der Waals surface area contributed by atoms with Gasteiger partial charge in [0.25, 0.3) is 0 Å². The average Bonchev–Trinajstić information content (AvgIpc) is 3.01. The third kappa shape index (κ3) is 2.72. The molecule has 0 heterocycles. The maximum Gasteiger partial charge on any atom is 0.302 e. The molecule has 0 aromatic carbocycles. The fourth-order valence-electron chi connectivity index (χ4n) is 7.96. The number of hydrogen-bond donors (Lipinski definition) is 0. The van der Waals surface area contributed by atoms with E-state index in [-0.39, 0.29) is 46.9 Å². The molecule has 0 spiro atoms. The Morgan fingerprint density at radius 1 is 1.14 bits per heavy atom. The van der Waals surface area contributed by atoms with Crippen molar-refractivity contribution in [2.45, 2.75) is 78.2 Å². The van der Waals surface area contributed by atoms with Crippen molar-refractivity contribution in [3.8, 4) is 0 Å².